The van der Waals surface area contributed by atoms with Crippen LogP contribution in [0.25, 0.3) is 5.65 Å². The highest BCUT2D eigenvalue weighted by molar-refractivity contribution is 5.88. The summed E-state index contributed by atoms with van der Waals surface area (Å²) in [6, 6.07) is 3.11. The number of ether oxygens (including phenoxy) is 1. The average molecular weight is 247 g/mol. The summed E-state index contributed by atoms with van der Waals surface area (Å²) >= 11 is 0. The molecule has 0 aromatic carbocycles. The second-order valence-corrected chi connectivity index (χ2v) is 4.39. The second-order valence-electron chi connectivity index (χ2n) is 4.39. The molecule has 1 aliphatic heterocycles. The molecule has 2 aromatic heterocycles. The minimum absolute atomic E-state index is 0.230. The van der Waals surface area contributed by atoms with E-state index in [4.69, 9.17) is 9.84 Å². The molecule has 0 saturated carbocycles. The van der Waals surface area contributed by atoms with Crippen LogP contribution < -0.4 is 0 Å². The number of hydrogen-bond acceptors (Lipinski definition) is 4. The molecule has 6 heteroatoms. The van der Waals surface area contributed by atoms with Gasteiger partial charge in [0.25, 0.3) is 0 Å². The minimum atomic E-state index is -0.951. The van der Waals surface area contributed by atoms with Crippen molar-refractivity contribution in [3.05, 3.63) is 29.7 Å². The number of nitrogens with zero attached hydrogens (tertiary/aromatic N) is 3. The standard InChI is InChI=1S/C12H13N3O3/c16-12(17)9-1-4-15-10(7-9)13-14-11(15)8-2-5-18-6-3-8/h1,4,7-8H,2-3,5-6H2,(H,16,17). The molecule has 0 amide bonds. The van der Waals surface area contributed by atoms with Gasteiger partial charge in [0, 0.05) is 25.3 Å². The molecular weight excluding hydrogens is 234 g/mol. The quantitative estimate of drug-likeness (QED) is 0.866. The third-order valence-corrected chi connectivity index (χ3v) is 3.27. The van der Waals surface area contributed by atoms with Crippen molar-refractivity contribution < 1.29 is 14.6 Å². The highest BCUT2D eigenvalue weighted by Gasteiger charge is 2.21. The first-order chi connectivity index (χ1) is 8.75. The molecule has 0 atom stereocenters. The van der Waals surface area contributed by atoms with Gasteiger partial charge in [0.2, 0.25) is 0 Å². The summed E-state index contributed by atoms with van der Waals surface area (Å²) in [5.74, 6) is 0.280. The number of carboxylic acids is 1. The zero-order valence-corrected chi connectivity index (χ0v) is 9.74. The van der Waals surface area contributed by atoms with Crippen LogP contribution in [0.5, 0.6) is 0 Å². The fourth-order valence-corrected chi connectivity index (χ4v) is 2.28. The highest BCUT2D eigenvalue weighted by Crippen LogP contribution is 2.25. The maximum atomic E-state index is 10.9. The summed E-state index contributed by atoms with van der Waals surface area (Å²) in [6.45, 7) is 1.49. The van der Waals surface area contributed by atoms with Crippen LogP contribution in [0, 0.1) is 0 Å². The molecule has 0 spiro atoms. The lowest BCUT2D eigenvalue weighted by molar-refractivity contribution is 0.0697. The fraction of sp³-hybridized carbons (Fsp3) is 0.417. The Labute approximate surface area is 103 Å². The average Bonchev–Trinajstić information content (AvgIpc) is 2.82. The van der Waals surface area contributed by atoms with Crippen molar-refractivity contribution in [2.75, 3.05) is 13.2 Å². The molecule has 0 aliphatic carbocycles. The SMILES string of the molecule is O=C(O)c1ccn2c(C3CCOCC3)nnc2c1. The van der Waals surface area contributed by atoms with Crippen molar-refractivity contribution in [3.8, 4) is 0 Å². The Hall–Kier alpha value is -1.95. The second kappa shape index (κ2) is 4.38. The van der Waals surface area contributed by atoms with Gasteiger partial charge in [-0.25, -0.2) is 4.79 Å². The summed E-state index contributed by atoms with van der Waals surface area (Å²) in [7, 11) is 0. The van der Waals surface area contributed by atoms with Crippen molar-refractivity contribution in [2.24, 2.45) is 0 Å². The summed E-state index contributed by atoms with van der Waals surface area (Å²) in [5.41, 5.74) is 0.810. The molecular formula is C12H13N3O3. The van der Waals surface area contributed by atoms with E-state index in [1.165, 1.54) is 6.07 Å². The zero-order valence-electron chi connectivity index (χ0n) is 9.74. The molecule has 2 aromatic rings. The first-order valence-electron chi connectivity index (χ1n) is 5.91. The molecule has 1 fully saturated rings. The predicted molar refractivity (Wildman–Crippen MR) is 62.7 cm³/mol. The lowest BCUT2D eigenvalue weighted by atomic mass is 9.99. The Balaban J connectivity index is 2.01. The Morgan fingerprint density at radius 2 is 2.17 bits per heavy atom. The Bertz CT molecular complexity index is 587. The number of carboxylic acid groups (broad SMARTS) is 1. The fourth-order valence-electron chi connectivity index (χ4n) is 2.28. The third kappa shape index (κ3) is 1.84. The molecule has 94 valence electrons. The van der Waals surface area contributed by atoms with Gasteiger partial charge in [0.05, 0.1) is 5.56 Å². The van der Waals surface area contributed by atoms with Gasteiger partial charge in [-0.1, -0.05) is 0 Å². The molecule has 3 rings (SSSR count). The van der Waals surface area contributed by atoms with E-state index in [2.05, 4.69) is 10.2 Å². The molecule has 18 heavy (non-hydrogen) atoms. The van der Waals surface area contributed by atoms with Gasteiger partial charge in [0.15, 0.2) is 5.65 Å². The summed E-state index contributed by atoms with van der Waals surface area (Å²) in [5, 5.41) is 17.2. The number of hydrogen-bond donors (Lipinski definition) is 1. The first kappa shape index (κ1) is 11.2. The molecule has 1 N–H and O–H groups in total. The number of rotatable bonds is 2. The summed E-state index contributed by atoms with van der Waals surface area (Å²) in [4.78, 5) is 10.9. The van der Waals surface area contributed by atoms with Crippen LogP contribution in [0.1, 0.15) is 34.9 Å². The van der Waals surface area contributed by atoms with Crippen LogP contribution in [-0.2, 0) is 4.74 Å². The smallest absolute Gasteiger partial charge is 0.335 e. The van der Waals surface area contributed by atoms with Gasteiger partial charge >= 0.3 is 5.97 Å². The molecule has 3 heterocycles. The molecule has 0 radical (unpaired) electrons. The van der Waals surface area contributed by atoms with Crippen LogP contribution in [-0.4, -0.2) is 38.9 Å². The minimum Gasteiger partial charge on any atom is -0.478 e. The number of carbonyl (C=O) groups is 1. The molecule has 1 aliphatic rings. The van der Waals surface area contributed by atoms with Crippen molar-refractivity contribution in [1.29, 1.82) is 0 Å². The van der Waals surface area contributed by atoms with E-state index in [9.17, 15) is 4.79 Å². The number of aromatic carboxylic acids is 1. The molecule has 6 nitrogen and oxygen atoms in total. The van der Waals surface area contributed by atoms with E-state index in [-0.39, 0.29) is 5.56 Å². The number of aromatic nitrogens is 3. The van der Waals surface area contributed by atoms with Crippen molar-refractivity contribution in [2.45, 2.75) is 18.8 Å². The first-order valence-corrected chi connectivity index (χ1v) is 5.91. The van der Waals surface area contributed by atoms with Gasteiger partial charge in [-0.05, 0) is 25.0 Å². The monoisotopic (exact) mass is 247 g/mol. The Morgan fingerprint density at radius 1 is 1.39 bits per heavy atom. The van der Waals surface area contributed by atoms with Crippen LogP contribution >= 0.6 is 0 Å². The van der Waals surface area contributed by atoms with E-state index in [1.54, 1.807) is 12.3 Å². The molecule has 0 bridgehead atoms. The topological polar surface area (TPSA) is 76.7 Å². The lowest BCUT2D eigenvalue weighted by Crippen LogP contribution is -2.16. The maximum absolute atomic E-state index is 10.9. The van der Waals surface area contributed by atoms with E-state index >= 15 is 0 Å². The van der Waals surface area contributed by atoms with Gasteiger partial charge in [-0.2, -0.15) is 0 Å². The highest BCUT2D eigenvalue weighted by atomic mass is 16.5. The van der Waals surface area contributed by atoms with E-state index < -0.39 is 5.97 Å². The summed E-state index contributed by atoms with van der Waals surface area (Å²) < 4.78 is 7.19. The van der Waals surface area contributed by atoms with Gasteiger partial charge in [0.1, 0.15) is 5.82 Å². The van der Waals surface area contributed by atoms with Gasteiger partial charge < -0.3 is 9.84 Å². The van der Waals surface area contributed by atoms with E-state index in [1.807, 2.05) is 4.40 Å². The van der Waals surface area contributed by atoms with Gasteiger partial charge in [-0.3, -0.25) is 4.40 Å². The lowest BCUT2D eigenvalue weighted by Gasteiger charge is -2.20. The van der Waals surface area contributed by atoms with Crippen LogP contribution in [0.2, 0.25) is 0 Å². The normalized spacial score (nSPS) is 17.1. The molecule has 0 unspecified atom stereocenters. The molecule has 1 saturated heterocycles. The maximum Gasteiger partial charge on any atom is 0.335 e. The van der Waals surface area contributed by atoms with Crippen molar-refractivity contribution in [1.82, 2.24) is 14.6 Å². The van der Waals surface area contributed by atoms with Crippen LogP contribution in [0.15, 0.2) is 18.3 Å². The van der Waals surface area contributed by atoms with E-state index in [0.717, 1.165) is 31.9 Å². The third-order valence-electron chi connectivity index (χ3n) is 3.27. The Kier molecular flexibility index (Phi) is 2.71. The largest absolute Gasteiger partial charge is 0.478 e. The van der Waals surface area contributed by atoms with Gasteiger partial charge in [-0.15, -0.1) is 10.2 Å². The number of fused-ring (bicyclic) bond motifs is 1. The number of pyridine rings is 1. The van der Waals surface area contributed by atoms with Crippen LogP contribution in [0.3, 0.4) is 0 Å². The van der Waals surface area contributed by atoms with Crippen LogP contribution in [0.4, 0.5) is 0 Å². The summed E-state index contributed by atoms with van der Waals surface area (Å²) in [6.07, 6.45) is 3.59. The predicted octanol–water partition coefficient (Wildman–Crippen LogP) is 1.32. The van der Waals surface area contributed by atoms with Crippen molar-refractivity contribution in [3.63, 3.8) is 0 Å². The Morgan fingerprint density at radius 3 is 2.89 bits per heavy atom. The van der Waals surface area contributed by atoms with Crippen molar-refractivity contribution >= 4 is 11.6 Å². The zero-order chi connectivity index (χ0) is 12.5. The van der Waals surface area contributed by atoms with E-state index in [0.29, 0.717) is 11.6 Å².